The summed E-state index contributed by atoms with van der Waals surface area (Å²) < 4.78 is 0. The van der Waals surface area contributed by atoms with E-state index in [9.17, 15) is 0 Å². The number of nitrogens with two attached hydrogens (primary N) is 1. The van der Waals surface area contributed by atoms with E-state index in [1.807, 2.05) is 18.3 Å². The second-order valence-corrected chi connectivity index (χ2v) is 6.41. The van der Waals surface area contributed by atoms with Crippen LogP contribution in [0.5, 0.6) is 0 Å². The van der Waals surface area contributed by atoms with E-state index in [-0.39, 0.29) is 5.54 Å². The molecule has 1 heterocycles. The molecule has 0 bridgehead atoms. The number of hydrogen-bond donors (Lipinski definition) is 1. The molecular formula is C16H20N2. The Balaban J connectivity index is 2.04. The topological polar surface area (TPSA) is 38.9 Å². The van der Waals surface area contributed by atoms with Crippen LogP contribution in [0.4, 0.5) is 0 Å². The quantitative estimate of drug-likeness (QED) is 0.827. The van der Waals surface area contributed by atoms with Gasteiger partial charge < -0.3 is 5.73 Å². The lowest BCUT2D eigenvalue weighted by Gasteiger charge is -2.27. The monoisotopic (exact) mass is 240 g/mol. The van der Waals surface area contributed by atoms with Crippen molar-refractivity contribution < 1.29 is 0 Å². The van der Waals surface area contributed by atoms with Gasteiger partial charge in [0, 0.05) is 17.1 Å². The van der Waals surface area contributed by atoms with Gasteiger partial charge in [0.15, 0.2) is 0 Å². The van der Waals surface area contributed by atoms with Crippen LogP contribution in [0.15, 0.2) is 36.5 Å². The van der Waals surface area contributed by atoms with Crippen LogP contribution in [-0.4, -0.2) is 4.98 Å². The van der Waals surface area contributed by atoms with Crippen molar-refractivity contribution in [2.75, 3.05) is 0 Å². The van der Waals surface area contributed by atoms with E-state index in [1.165, 1.54) is 17.4 Å². The predicted molar refractivity (Wildman–Crippen MR) is 75.2 cm³/mol. The molecule has 18 heavy (non-hydrogen) atoms. The van der Waals surface area contributed by atoms with Gasteiger partial charge in [0.05, 0.1) is 5.52 Å². The second kappa shape index (κ2) is 3.79. The van der Waals surface area contributed by atoms with Gasteiger partial charge in [-0.3, -0.25) is 4.98 Å². The fourth-order valence-corrected chi connectivity index (χ4v) is 3.18. The van der Waals surface area contributed by atoms with Gasteiger partial charge >= 0.3 is 0 Å². The Kier molecular flexibility index (Phi) is 2.46. The van der Waals surface area contributed by atoms with Crippen molar-refractivity contribution >= 4 is 10.9 Å². The van der Waals surface area contributed by atoms with Crippen LogP contribution in [0.1, 0.15) is 38.7 Å². The third kappa shape index (κ3) is 1.91. The molecule has 1 aliphatic carbocycles. The molecule has 1 saturated carbocycles. The summed E-state index contributed by atoms with van der Waals surface area (Å²) in [6.45, 7) is 4.60. The Morgan fingerprint density at radius 2 is 1.94 bits per heavy atom. The molecule has 1 aromatic carbocycles. The normalized spacial score (nSPS) is 26.6. The fourth-order valence-electron chi connectivity index (χ4n) is 3.18. The van der Waals surface area contributed by atoms with E-state index < -0.39 is 0 Å². The second-order valence-electron chi connectivity index (χ2n) is 6.41. The Labute approximate surface area is 108 Å². The van der Waals surface area contributed by atoms with Crippen LogP contribution in [0.2, 0.25) is 0 Å². The Morgan fingerprint density at radius 1 is 1.17 bits per heavy atom. The number of aromatic nitrogens is 1. The molecule has 2 heteroatoms. The summed E-state index contributed by atoms with van der Waals surface area (Å²) in [5, 5.41) is 1.18. The van der Waals surface area contributed by atoms with Crippen molar-refractivity contribution in [3.63, 3.8) is 0 Å². The van der Waals surface area contributed by atoms with E-state index in [1.54, 1.807) is 0 Å². The molecule has 0 saturated heterocycles. The summed E-state index contributed by atoms with van der Waals surface area (Å²) >= 11 is 0. The maximum atomic E-state index is 6.61. The van der Waals surface area contributed by atoms with Gasteiger partial charge in [-0.05, 0) is 42.4 Å². The first-order valence-electron chi connectivity index (χ1n) is 6.63. The molecule has 3 rings (SSSR count). The van der Waals surface area contributed by atoms with Crippen molar-refractivity contribution in [2.45, 2.75) is 38.6 Å². The number of hydrogen-bond acceptors (Lipinski definition) is 2. The molecule has 0 spiro atoms. The standard InChI is InChI=1S/C16H20N2/c1-15(2)7-8-16(17,11-15)13-9-12-5-3-4-6-14(12)18-10-13/h3-6,9-10H,7-8,11,17H2,1-2H3. The van der Waals surface area contributed by atoms with E-state index in [0.29, 0.717) is 5.41 Å². The number of para-hydroxylation sites is 1. The molecule has 2 nitrogen and oxygen atoms in total. The highest BCUT2D eigenvalue weighted by atomic mass is 14.8. The van der Waals surface area contributed by atoms with Crippen LogP contribution in [-0.2, 0) is 5.54 Å². The third-order valence-electron chi connectivity index (χ3n) is 4.21. The molecule has 1 unspecified atom stereocenters. The molecule has 0 radical (unpaired) electrons. The van der Waals surface area contributed by atoms with Crippen molar-refractivity contribution in [2.24, 2.45) is 11.1 Å². The average Bonchev–Trinajstić information content (AvgIpc) is 2.64. The van der Waals surface area contributed by atoms with Crippen LogP contribution in [0, 0.1) is 5.41 Å². The van der Waals surface area contributed by atoms with Gasteiger partial charge in [-0.15, -0.1) is 0 Å². The van der Waals surface area contributed by atoms with Crippen LogP contribution < -0.4 is 5.73 Å². The summed E-state index contributed by atoms with van der Waals surface area (Å²) in [5.41, 5.74) is 8.99. The highest BCUT2D eigenvalue weighted by molar-refractivity contribution is 5.79. The predicted octanol–water partition coefficient (Wildman–Crippen LogP) is 3.60. The summed E-state index contributed by atoms with van der Waals surface area (Å²) in [6, 6.07) is 10.4. The number of benzene rings is 1. The lowest BCUT2D eigenvalue weighted by molar-refractivity contribution is 0.339. The van der Waals surface area contributed by atoms with Gasteiger partial charge in [0.25, 0.3) is 0 Å². The number of nitrogens with zero attached hydrogens (tertiary/aromatic N) is 1. The van der Waals surface area contributed by atoms with Crippen molar-refractivity contribution in [3.8, 4) is 0 Å². The highest BCUT2D eigenvalue weighted by Gasteiger charge is 2.41. The summed E-state index contributed by atoms with van der Waals surface area (Å²) in [4.78, 5) is 4.54. The van der Waals surface area contributed by atoms with E-state index >= 15 is 0 Å². The van der Waals surface area contributed by atoms with Gasteiger partial charge in [-0.25, -0.2) is 0 Å². The fraction of sp³-hybridized carbons (Fsp3) is 0.438. The first kappa shape index (κ1) is 11.7. The maximum absolute atomic E-state index is 6.61. The molecule has 1 atom stereocenters. The summed E-state index contributed by atoms with van der Waals surface area (Å²) in [6.07, 6.45) is 5.25. The SMILES string of the molecule is CC1(C)CCC(N)(c2cnc3ccccc3c2)C1. The zero-order chi connectivity index (χ0) is 12.8. The van der Waals surface area contributed by atoms with Gasteiger partial charge in [0.1, 0.15) is 0 Å². The minimum Gasteiger partial charge on any atom is -0.321 e. The highest BCUT2D eigenvalue weighted by Crippen LogP contribution is 2.47. The van der Waals surface area contributed by atoms with Gasteiger partial charge in [-0.2, -0.15) is 0 Å². The lowest BCUT2D eigenvalue weighted by Crippen LogP contribution is -2.34. The van der Waals surface area contributed by atoms with Crippen molar-refractivity contribution in [3.05, 3.63) is 42.1 Å². The van der Waals surface area contributed by atoms with Crippen LogP contribution in [0.3, 0.4) is 0 Å². The Morgan fingerprint density at radius 3 is 2.67 bits per heavy atom. The molecule has 0 aliphatic heterocycles. The minimum atomic E-state index is -0.194. The maximum Gasteiger partial charge on any atom is 0.0702 e. The number of pyridine rings is 1. The largest absolute Gasteiger partial charge is 0.321 e. The number of fused-ring (bicyclic) bond motifs is 1. The molecular weight excluding hydrogens is 220 g/mol. The molecule has 94 valence electrons. The molecule has 0 amide bonds. The summed E-state index contributed by atoms with van der Waals surface area (Å²) in [5.74, 6) is 0. The summed E-state index contributed by atoms with van der Waals surface area (Å²) in [7, 11) is 0. The molecule has 1 aliphatic rings. The van der Waals surface area contributed by atoms with Crippen LogP contribution in [0.25, 0.3) is 10.9 Å². The smallest absolute Gasteiger partial charge is 0.0702 e. The number of rotatable bonds is 1. The van der Waals surface area contributed by atoms with Gasteiger partial charge in [-0.1, -0.05) is 32.0 Å². The zero-order valence-corrected chi connectivity index (χ0v) is 11.1. The average molecular weight is 240 g/mol. The van der Waals surface area contributed by atoms with Crippen molar-refractivity contribution in [1.29, 1.82) is 0 Å². The molecule has 2 aromatic rings. The zero-order valence-electron chi connectivity index (χ0n) is 11.1. The van der Waals surface area contributed by atoms with Gasteiger partial charge in [0.2, 0.25) is 0 Å². The molecule has 1 fully saturated rings. The van der Waals surface area contributed by atoms with E-state index in [4.69, 9.17) is 5.73 Å². The Bertz CT molecular complexity index is 588. The van der Waals surface area contributed by atoms with Crippen molar-refractivity contribution in [1.82, 2.24) is 4.98 Å². The van der Waals surface area contributed by atoms with E-state index in [0.717, 1.165) is 18.4 Å². The molecule has 2 N–H and O–H groups in total. The first-order valence-corrected chi connectivity index (χ1v) is 6.63. The third-order valence-corrected chi connectivity index (χ3v) is 4.21. The Hall–Kier alpha value is -1.41. The first-order chi connectivity index (χ1) is 8.49. The minimum absolute atomic E-state index is 0.194. The van der Waals surface area contributed by atoms with Crippen LogP contribution >= 0.6 is 0 Å². The van der Waals surface area contributed by atoms with E-state index in [2.05, 4.69) is 37.0 Å². The lowest BCUT2D eigenvalue weighted by atomic mass is 9.84. The molecule has 1 aromatic heterocycles.